The maximum absolute atomic E-state index is 11.9. The van der Waals surface area contributed by atoms with Gasteiger partial charge in [-0.1, -0.05) is 37.1 Å². The van der Waals surface area contributed by atoms with Crippen molar-refractivity contribution in [2.45, 2.75) is 45.6 Å². The van der Waals surface area contributed by atoms with Gasteiger partial charge in [-0.15, -0.1) is 0 Å². The molecule has 1 aliphatic carbocycles. The molecule has 0 heterocycles. The summed E-state index contributed by atoms with van der Waals surface area (Å²) in [6.07, 6.45) is 3.89. The van der Waals surface area contributed by atoms with Gasteiger partial charge in [-0.25, -0.2) is 4.79 Å². The van der Waals surface area contributed by atoms with Crippen molar-refractivity contribution in [3.63, 3.8) is 0 Å². The molecule has 1 N–H and O–H groups in total. The highest BCUT2D eigenvalue weighted by Crippen LogP contribution is 2.28. The molecule has 0 radical (unpaired) electrons. The molecule has 2 atom stereocenters. The molecule has 0 bridgehead atoms. The number of nitrogens with one attached hydrogen (secondary N) is 1. The number of carbonyl (C=O) groups is 1. The molecule has 3 nitrogen and oxygen atoms in total. The highest BCUT2D eigenvalue weighted by Gasteiger charge is 2.22. The van der Waals surface area contributed by atoms with E-state index in [-0.39, 0.29) is 6.10 Å². The maximum atomic E-state index is 11.9. The van der Waals surface area contributed by atoms with Crippen molar-refractivity contribution in [1.82, 2.24) is 0 Å². The normalized spacial score (nSPS) is 22.9. The minimum atomic E-state index is -0.407. The smallest absolute Gasteiger partial charge is 0.411 e. The van der Waals surface area contributed by atoms with E-state index in [9.17, 15) is 4.79 Å². The van der Waals surface area contributed by atoms with Gasteiger partial charge in [0.05, 0.1) is 10.7 Å². The maximum Gasteiger partial charge on any atom is 0.411 e. The van der Waals surface area contributed by atoms with E-state index < -0.39 is 6.09 Å². The van der Waals surface area contributed by atoms with Gasteiger partial charge in [0, 0.05) is 0 Å². The minimum absolute atomic E-state index is 0.0338. The molecule has 1 aromatic rings. The van der Waals surface area contributed by atoms with Crippen molar-refractivity contribution in [3.8, 4) is 0 Å². The number of aryl methyl sites for hydroxylation is 1. The Kier molecular flexibility index (Phi) is 4.70. The number of benzene rings is 1. The van der Waals surface area contributed by atoms with Crippen LogP contribution in [-0.2, 0) is 4.74 Å². The molecule has 2 rings (SSSR count). The quantitative estimate of drug-likeness (QED) is 0.847. The summed E-state index contributed by atoms with van der Waals surface area (Å²) in [4.78, 5) is 11.9. The van der Waals surface area contributed by atoms with Gasteiger partial charge in [0.2, 0.25) is 0 Å². The first-order valence-electron chi connectivity index (χ1n) is 6.79. The number of ether oxygens (including phenoxy) is 1. The third-order valence-corrected chi connectivity index (χ3v) is 3.93. The van der Waals surface area contributed by atoms with Crippen molar-refractivity contribution >= 4 is 23.4 Å². The molecule has 1 amide bonds. The number of hydrogen-bond donors (Lipinski definition) is 1. The summed E-state index contributed by atoms with van der Waals surface area (Å²) >= 11 is 6.07. The van der Waals surface area contributed by atoms with Gasteiger partial charge in [-0.3, -0.25) is 5.32 Å². The van der Waals surface area contributed by atoms with E-state index in [2.05, 4.69) is 12.2 Å². The lowest BCUT2D eigenvalue weighted by molar-refractivity contribution is 0.0724. The lowest BCUT2D eigenvalue weighted by Crippen LogP contribution is -2.27. The van der Waals surface area contributed by atoms with Gasteiger partial charge >= 0.3 is 6.09 Å². The van der Waals surface area contributed by atoms with Gasteiger partial charge in [-0.05, 0) is 43.7 Å². The lowest BCUT2D eigenvalue weighted by Gasteiger charge is -2.26. The fraction of sp³-hybridized carbons (Fsp3) is 0.533. The summed E-state index contributed by atoms with van der Waals surface area (Å²) in [5.74, 6) is 0.633. The van der Waals surface area contributed by atoms with Crippen LogP contribution in [0.4, 0.5) is 10.5 Å². The Morgan fingerprint density at radius 1 is 1.42 bits per heavy atom. The minimum Gasteiger partial charge on any atom is -0.446 e. The zero-order chi connectivity index (χ0) is 13.8. The zero-order valence-corrected chi connectivity index (χ0v) is 12.2. The number of hydrogen-bond acceptors (Lipinski definition) is 2. The third-order valence-electron chi connectivity index (χ3n) is 3.61. The standard InChI is InChI=1S/C15H20ClNO2/c1-10-5-3-7-12(9-10)19-15(18)17-14-11(2)6-4-8-13(14)16/h4,6,8,10,12H,3,5,7,9H2,1-2H3,(H,17,18)/t10-,12+/m1/s1. The summed E-state index contributed by atoms with van der Waals surface area (Å²) < 4.78 is 5.47. The molecule has 1 fully saturated rings. The second kappa shape index (κ2) is 6.29. The number of para-hydroxylation sites is 1. The Hall–Kier alpha value is -1.22. The van der Waals surface area contributed by atoms with E-state index in [4.69, 9.17) is 16.3 Å². The van der Waals surface area contributed by atoms with E-state index in [1.54, 1.807) is 6.07 Å². The summed E-state index contributed by atoms with van der Waals surface area (Å²) in [6.45, 7) is 4.11. The molecule has 0 unspecified atom stereocenters. The highest BCUT2D eigenvalue weighted by atomic mass is 35.5. The lowest BCUT2D eigenvalue weighted by atomic mass is 9.89. The van der Waals surface area contributed by atoms with E-state index in [0.29, 0.717) is 16.6 Å². The molecule has 0 aromatic heterocycles. The van der Waals surface area contributed by atoms with Gasteiger partial charge < -0.3 is 4.74 Å². The Labute approximate surface area is 119 Å². The molecule has 104 valence electrons. The zero-order valence-electron chi connectivity index (χ0n) is 11.4. The average molecular weight is 282 g/mol. The number of anilines is 1. The van der Waals surface area contributed by atoms with Crippen LogP contribution in [0.5, 0.6) is 0 Å². The second-order valence-corrected chi connectivity index (χ2v) is 5.76. The first kappa shape index (κ1) is 14.2. The van der Waals surface area contributed by atoms with Crippen LogP contribution in [0.2, 0.25) is 5.02 Å². The molecule has 4 heteroatoms. The Morgan fingerprint density at radius 2 is 2.21 bits per heavy atom. The summed E-state index contributed by atoms with van der Waals surface area (Å²) in [5, 5.41) is 3.28. The van der Waals surface area contributed by atoms with Crippen LogP contribution in [0.15, 0.2) is 18.2 Å². The molecule has 1 aliphatic rings. The van der Waals surface area contributed by atoms with Crippen LogP contribution in [0.1, 0.15) is 38.2 Å². The van der Waals surface area contributed by atoms with Crippen LogP contribution < -0.4 is 5.32 Å². The first-order chi connectivity index (χ1) is 9.06. The van der Waals surface area contributed by atoms with Gasteiger partial charge in [0.15, 0.2) is 0 Å². The summed E-state index contributed by atoms with van der Waals surface area (Å²) in [6, 6.07) is 5.52. The van der Waals surface area contributed by atoms with Gasteiger partial charge in [0.25, 0.3) is 0 Å². The van der Waals surface area contributed by atoms with Crippen molar-refractivity contribution < 1.29 is 9.53 Å². The highest BCUT2D eigenvalue weighted by molar-refractivity contribution is 6.33. The van der Waals surface area contributed by atoms with Crippen molar-refractivity contribution in [2.75, 3.05) is 5.32 Å². The van der Waals surface area contributed by atoms with Crippen LogP contribution in [-0.4, -0.2) is 12.2 Å². The van der Waals surface area contributed by atoms with Crippen LogP contribution >= 0.6 is 11.6 Å². The topological polar surface area (TPSA) is 38.3 Å². The predicted octanol–water partition coefficient (Wildman–Crippen LogP) is 4.78. The number of amides is 1. The SMILES string of the molecule is Cc1cccc(Cl)c1NC(=O)O[C@H]1CCC[C@@H](C)C1. The number of halogens is 1. The van der Waals surface area contributed by atoms with Gasteiger partial charge in [-0.2, -0.15) is 0 Å². The van der Waals surface area contributed by atoms with E-state index in [1.165, 1.54) is 6.42 Å². The van der Waals surface area contributed by atoms with Crippen molar-refractivity contribution in [3.05, 3.63) is 28.8 Å². The summed E-state index contributed by atoms with van der Waals surface area (Å²) in [5.41, 5.74) is 1.57. The molecule has 1 aromatic carbocycles. The largest absolute Gasteiger partial charge is 0.446 e. The first-order valence-corrected chi connectivity index (χ1v) is 7.17. The van der Waals surface area contributed by atoms with E-state index >= 15 is 0 Å². The molecular formula is C15H20ClNO2. The monoisotopic (exact) mass is 281 g/mol. The second-order valence-electron chi connectivity index (χ2n) is 5.36. The Morgan fingerprint density at radius 3 is 2.89 bits per heavy atom. The van der Waals surface area contributed by atoms with Crippen LogP contribution in [0.3, 0.4) is 0 Å². The molecule has 1 saturated carbocycles. The molecule has 0 aliphatic heterocycles. The third kappa shape index (κ3) is 3.87. The average Bonchev–Trinajstić information content (AvgIpc) is 2.34. The summed E-state index contributed by atoms with van der Waals surface area (Å²) in [7, 11) is 0. The molecule has 0 spiro atoms. The molecule has 19 heavy (non-hydrogen) atoms. The van der Waals surface area contributed by atoms with Crippen molar-refractivity contribution in [2.24, 2.45) is 5.92 Å². The van der Waals surface area contributed by atoms with Crippen LogP contribution in [0, 0.1) is 12.8 Å². The van der Waals surface area contributed by atoms with E-state index in [1.807, 2.05) is 19.1 Å². The fourth-order valence-electron chi connectivity index (χ4n) is 2.56. The number of carbonyl (C=O) groups excluding carboxylic acids is 1. The molecule has 0 saturated heterocycles. The Balaban J connectivity index is 1.94. The Bertz CT molecular complexity index is 441. The predicted molar refractivity (Wildman–Crippen MR) is 77.7 cm³/mol. The molecular weight excluding hydrogens is 262 g/mol. The van der Waals surface area contributed by atoms with Crippen LogP contribution in [0.25, 0.3) is 0 Å². The van der Waals surface area contributed by atoms with E-state index in [0.717, 1.165) is 24.8 Å². The fourth-order valence-corrected chi connectivity index (χ4v) is 2.83. The number of rotatable bonds is 2. The van der Waals surface area contributed by atoms with Crippen molar-refractivity contribution in [1.29, 1.82) is 0 Å². The van der Waals surface area contributed by atoms with Gasteiger partial charge in [0.1, 0.15) is 6.10 Å².